The van der Waals surface area contributed by atoms with Crippen molar-refractivity contribution in [1.29, 1.82) is 0 Å². The number of benzene rings is 1. The second-order valence-electron chi connectivity index (χ2n) is 8.48. The van der Waals surface area contributed by atoms with Gasteiger partial charge in [-0.1, -0.05) is 36.7 Å². The lowest BCUT2D eigenvalue weighted by Gasteiger charge is -2.34. The van der Waals surface area contributed by atoms with Gasteiger partial charge in [-0.05, 0) is 74.1 Å². The van der Waals surface area contributed by atoms with Crippen molar-refractivity contribution in [2.75, 3.05) is 5.32 Å². The van der Waals surface area contributed by atoms with Crippen molar-refractivity contribution < 1.29 is 9.90 Å². The maximum atomic E-state index is 13.0. The molecule has 0 fully saturated rings. The Bertz CT molecular complexity index is 981. The first-order valence-corrected chi connectivity index (χ1v) is 12.4. The van der Waals surface area contributed by atoms with Gasteiger partial charge in [0.1, 0.15) is 16.9 Å². The van der Waals surface area contributed by atoms with Crippen LogP contribution >= 0.6 is 59.1 Å². The van der Waals surface area contributed by atoms with Crippen molar-refractivity contribution in [3.05, 3.63) is 41.1 Å². The second kappa shape index (κ2) is 7.29. The number of phenolic OH excluding ortho intramolecular Hbond substituents is 1. The highest BCUT2D eigenvalue weighted by Crippen LogP contribution is 2.48. The SMILES string of the molecule is CC(C)(C)[C@H]1CCc2c(sc3c2C(=O)N[C@@H](c2c(Br)cc(Br)c(O)c2Br)N3)C1. The van der Waals surface area contributed by atoms with Crippen molar-refractivity contribution in [3.8, 4) is 5.75 Å². The number of hydrogen-bond acceptors (Lipinski definition) is 4. The van der Waals surface area contributed by atoms with Crippen LogP contribution in [0, 0.1) is 11.3 Å². The number of hydrogen-bond donors (Lipinski definition) is 3. The Kier molecular flexibility index (Phi) is 5.39. The highest BCUT2D eigenvalue weighted by molar-refractivity contribution is 9.11. The predicted molar refractivity (Wildman–Crippen MR) is 124 cm³/mol. The molecule has 4 nitrogen and oxygen atoms in total. The molecule has 0 saturated heterocycles. The molecule has 28 heavy (non-hydrogen) atoms. The number of carbonyl (C=O) groups is 1. The van der Waals surface area contributed by atoms with Crippen LogP contribution in [0.4, 0.5) is 5.00 Å². The summed E-state index contributed by atoms with van der Waals surface area (Å²) in [6.45, 7) is 6.89. The summed E-state index contributed by atoms with van der Waals surface area (Å²) in [6, 6.07) is 1.78. The topological polar surface area (TPSA) is 61.4 Å². The van der Waals surface area contributed by atoms with Crippen LogP contribution in [0.25, 0.3) is 0 Å². The number of fused-ring (bicyclic) bond motifs is 3. The largest absolute Gasteiger partial charge is 0.506 e. The van der Waals surface area contributed by atoms with E-state index in [-0.39, 0.29) is 17.1 Å². The van der Waals surface area contributed by atoms with Crippen molar-refractivity contribution in [2.24, 2.45) is 11.3 Å². The number of rotatable bonds is 1. The molecule has 2 atom stereocenters. The Morgan fingerprint density at radius 3 is 2.57 bits per heavy atom. The molecule has 1 amide bonds. The lowest BCUT2D eigenvalue weighted by Crippen LogP contribution is -2.38. The van der Waals surface area contributed by atoms with E-state index in [0.29, 0.717) is 14.9 Å². The summed E-state index contributed by atoms with van der Waals surface area (Å²) in [5, 5.41) is 17.8. The Morgan fingerprint density at radius 2 is 1.89 bits per heavy atom. The van der Waals surface area contributed by atoms with E-state index in [4.69, 9.17) is 0 Å². The fourth-order valence-corrected chi connectivity index (χ4v) is 7.97. The molecule has 2 aliphatic rings. The van der Waals surface area contributed by atoms with E-state index in [1.807, 2.05) is 0 Å². The summed E-state index contributed by atoms with van der Waals surface area (Å²) in [6.07, 6.45) is 2.67. The minimum Gasteiger partial charge on any atom is -0.506 e. The van der Waals surface area contributed by atoms with E-state index in [1.54, 1.807) is 17.4 Å². The summed E-state index contributed by atoms with van der Waals surface area (Å²) in [4.78, 5) is 14.3. The van der Waals surface area contributed by atoms with Crippen LogP contribution in [0.15, 0.2) is 19.5 Å². The van der Waals surface area contributed by atoms with Gasteiger partial charge in [0.15, 0.2) is 0 Å². The monoisotopic (exact) mass is 590 g/mol. The van der Waals surface area contributed by atoms with Gasteiger partial charge in [0.25, 0.3) is 5.91 Å². The summed E-state index contributed by atoms with van der Waals surface area (Å²) >= 11 is 12.1. The standard InChI is InChI=1S/C20H21Br3N2O2S/c1-20(2,3)8-4-5-9-12(6-8)28-19-13(9)18(27)24-17(25-19)14-10(21)7-11(22)16(26)15(14)23/h7-8,17,25-26H,4-6H2,1-3H3,(H,24,27)/t8-,17+/m0/s1. The zero-order valence-corrected chi connectivity index (χ0v) is 21.3. The first-order valence-electron chi connectivity index (χ1n) is 9.16. The van der Waals surface area contributed by atoms with E-state index in [9.17, 15) is 9.90 Å². The molecule has 0 radical (unpaired) electrons. The molecule has 1 aliphatic carbocycles. The Morgan fingerprint density at radius 1 is 1.18 bits per heavy atom. The first kappa shape index (κ1) is 20.7. The van der Waals surface area contributed by atoms with Gasteiger partial charge in [-0.2, -0.15) is 0 Å². The van der Waals surface area contributed by atoms with Crippen LogP contribution in [0.5, 0.6) is 5.75 Å². The van der Waals surface area contributed by atoms with E-state index < -0.39 is 6.17 Å². The Hall–Kier alpha value is -0.570. The van der Waals surface area contributed by atoms with E-state index in [1.165, 1.54) is 10.4 Å². The number of anilines is 1. The zero-order chi connectivity index (χ0) is 20.4. The van der Waals surface area contributed by atoms with Gasteiger partial charge < -0.3 is 15.7 Å². The van der Waals surface area contributed by atoms with Crippen LogP contribution in [0.3, 0.4) is 0 Å². The predicted octanol–water partition coefficient (Wildman–Crippen LogP) is 6.75. The quantitative estimate of drug-likeness (QED) is 0.343. The van der Waals surface area contributed by atoms with E-state index in [2.05, 4.69) is 79.2 Å². The third kappa shape index (κ3) is 3.44. The summed E-state index contributed by atoms with van der Waals surface area (Å²) in [5.74, 6) is 0.691. The molecule has 8 heteroatoms. The molecule has 0 unspecified atom stereocenters. The van der Waals surface area contributed by atoms with Crippen LogP contribution in [-0.2, 0) is 12.8 Å². The van der Waals surface area contributed by atoms with Crippen molar-refractivity contribution in [2.45, 2.75) is 46.2 Å². The molecule has 2 aromatic rings. The number of phenols is 1. The van der Waals surface area contributed by atoms with Crippen LogP contribution in [0.1, 0.15) is 59.7 Å². The van der Waals surface area contributed by atoms with Gasteiger partial charge in [-0.15, -0.1) is 11.3 Å². The molecular formula is C20H21Br3N2O2S. The smallest absolute Gasteiger partial charge is 0.256 e. The molecule has 3 N–H and O–H groups in total. The van der Waals surface area contributed by atoms with E-state index >= 15 is 0 Å². The average molecular weight is 593 g/mol. The van der Waals surface area contributed by atoms with Gasteiger partial charge in [-0.25, -0.2) is 0 Å². The summed E-state index contributed by atoms with van der Waals surface area (Å²) < 4.78 is 1.92. The maximum absolute atomic E-state index is 13.0. The van der Waals surface area contributed by atoms with Gasteiger partial charge in [0, 0.05) is 14.9 Å². The lowest BCUT2D eigenvalue weighted by atomic mass is 9.72. The normalized spacial score (nSPS) is 21.6. The Balaban J connectivity index is 1.71. The van der Waals surface area contributed by atoms with Crippen molar-refractivity contribution in [3.63, 3.8) is 0 Å². The van der Waals surface area contributed by atoms with Gasteiger partial charge >= 0.3 is 0 Å². The number of amides is 1. The summed E-state index contributed by atoms with van der Waals surface area (Å²) in [5.41, 5.74) is 3.04. The maximum Gasteiger partial charge on any atom is 0.256 e. The number of nitrogens with one attached hydrogen (secondary N) is 2. The third-order valence-electron chi connectivity index (χ3n) is 5.74. The second-order valence-corrected chi connectivity index (χ2v) is 12.1. The molecule has 0 saturated carbocycles. The highest BCUT2D eigenvalue weighted by Gasteiger charge is 2.37. The molecule has 150 valence electrons. The average Bonchev–Trinajstić information content (AvgIpc) is 2.97. The van der Waals surface area contributed by atoms with Crippen molar-refractivity contribution >= 4 is 70.0 Å². The molecule has 4 rings (SSSR count). The number of halogens is 3. The molecule has 1 aromatic heterocycles. The molecule has 0 bridgehead atoms. The van der Waals surface area contributed by atoms with Gasteiger partial charge in [0.05, 0.1) is 14.5 Å². The minimum absolute atomic E-state index is 0.0494. The van der Waals surface area contributed by atoms with Crippen LogP contribution < -0.4 is 10.6 Å². The fraction of sp³-hybridized carbons (Fsp3) is 0.450. The van der Waals surface area contributed by atoms with Gasteiger partial charge in [0.2, 0.25) is 0 Å². The fourth-order valence-electron chi connectivity index (χ4n) is 4.04. The molecule has 1 aliphatic heterocycles. The number of thiophene rings is 1. The molecule has 0 spiro atoms. The zero-order valence-electron chi connectivity index (χ0n) is 15.8. The molecule has 2 heterocycles. The third-order valence-corrected chi connectivity index (χ3v) is 8.99. The Labute approximate surface area is 193 Å². The van der Waals surface area contributed by atoms with E-state index in [0.717, 1.165) is 39.9 Å². The number of aromatic hydroxyl groups is 1. The van der Waals surface area contributed by atoms with Crippen molar-refractivity contribution in [1.82, 2.24) is 5.32 Å². The summed E-state index contributed by atoms with van der Waals surface area (Å²) in [7, 11) is 0. The number of carbonyl (C=O) groups excluding carboxylic acids is 1. The highest BCUT2D eigenvalue weighted by atomic mass is 79.9. The first-order chi connectivity index (χ1) is 13.1. The van der Waals surface area contributed by atoms with Crippen LogP contribution in [-0.4, -0.2) is 11.0 Å². The molecular weight excluding hydrogens is 572 g/mol. The van der Waals surface area contributed by atoms with Gasteiger partial charge in [-0.3, -0.25) is 4.79 Å². The lowest BCUT2D eigenvalue weighted by molar-refractivity contribution is 0.0934. The molecule has 1 aromatic carbocycles. The minimum atomic E-state index is -0.429. The van der Waals surface area contributed by atoms with Crippen LogP contribution in [0.2, 0.25) is 0 Å².